The quantitative estimate of drug-likeness (QED) is 0.738. The zero-order valence-corrected chi connectivity index (χ0v) is 15.6. The summed E-state index contributed by atoms with van der Waals surface area (Å²) in [7, 11) is 3.13. The van der Waals surface area contributed by atoms with Crippen LogP contribution in [0.4, 0.5) is 4.79 Å². The van der Waals surface area contributed by atoms with Gasteiger partial charge < -0.3 is 9.47 Å². The molecule has 1 fully saturated rings. The molecule has 5 nitrogen and oxygen atoms in total. The molecule has 2 amide bonds. The third-order valence-electron chi connectivity index (χ3n) is 4.01. The first-order chi connectivity index (χ1) is 12.5. The van der Waals surface area contributed by atoms with Gasteiger partial charge in [0.2, 0.25) is 0 Å². The topological polar surface area (TPSA) is 55.8 Å². The van der Waals surface area contributed by atoms with Gasteiger partial charge in [-0.05, 0) is 48.0 Å². The van der Waals surface area contributed by atoms with Crippen LogP contribution in [0.1, 0.15) is 16.7 Å². The van der Waals surface area contributed by atoms with Crippen molar-refractivity contribution >= 4 is 29.0 Å². The number of aryl methyl sites for hydroxylation is 1. The minimum atomic E-state index is -0.289. The minimum Gasteiger partial charge on any atom is -0.497 e. The molecule has 1 saturated heterocycles. The molecule has 0 aromatic heterocycles. The van der Waals surface area contributed by atoms with E-state index in [0.29, 0.717) is 16.4 Å². The van der Waals surface area contributed by atoms with E-state index in [-0.39, 0.29) is 17.7 Å². The largest absolute Gasteiger partial charge is 0.497 e. The standard InChI is InChI=1S/C20H19NO4S/c1-13-4-6-14(7-5-13)12-21-19(22)18(26-20(21)23)10-15-8-16(24-2)11-17(9-15)25-3/h4-11H,12H2,1-3H3/b18-10-. The van der Waals surface area contributed by atoms with E-state index in [1.807, 2.05) is 31.2 Å². The van der Waals surface area contributed by atoms with Crippen LogP contribution in [0.15, 0.2) is 47.4 Å². The Bertz CT molecular complexity index is 852. The number of methoxy groups -OCH3 is 2. The molecule has 0 radical (unpaired) electrons. The van der Waals surface area contributed by atoms with Crippen molar-refractivity contribution in [1.82, 2.24) is 4.90 Å². The van der Waals surface area contributed by atoms with Crippen LogP contribution in [-0.4, -0.2) is 30.3 Å². The fourth-order valence-electron chi connectivity index (χ4n) is 2.58. The first-order valence-electron chi connectivity index (χ1n) is 8.04. The molecule has 0 bridgehead atoms. The zero-order valence-electron chi connectivity index (χ0n) is 14.8. The average molecular weight is 369 g/mol. The van der Waals surface area contributed by atoms with Gasteiger partial charge in [-0.3, -0.25) is 14.5 Å². The Kier molecular flexibility index (Phi) is 5.32. The fourth-order valence-corrected chi connectivity index (χ4v) is 3.41. The number of imide groups is 1. The maximum Gasteiger partial charge on any atom is 0.293 e. The lowest BCUT2D eigenvalue weighted by molar-refractivity contribution is -0.123. The van der Waals surface area contributed by atoms with E-state index < -0.39 is 0 Å². The number of hydrogen-bond acceptors (Lipinski definition) is 5. The fraction of sp³-hybridized carbons (Fsp3) is 0.200. The average Bonchev–Trinajstić information content (AvgIpc) is 2.90. The van der Waals surface area contributed by atoms with Crippen molar-refractivity contribution in [2.45, 2.75) is 13.5 Å². The van der Waals surface area contributed by atoms with Gasteiger partial charge in [-0.25, -0.2) is 0 Å². The molecule has 2 aromatic rings. The lowest BCUT2D eigenvalue weighted by atomic mass is 10.1. The van der Waals surface area contributed by atoms with Crippen molar-refractivity contribution in [2.24, 2.45) is 0 Å². The Labute approximate surface area is 156 Å². The smallest absolute Gasteiger partial charge is 0.293 e. The van der Waals surface area contributed by atoms with E-state index >= 15 is 0 Å². The third kappa shape index (κ3) is 3.91. The zero-order chi connectivity index (χ0) is 18.7. The molecule has 3 rings (SSSR count). The van der Waals surface area contributed by atoms with Gasteiger partial charge in [0.25, 0.3) is 11.1 Å². The van der Waals surface area contributed by atoms with E-state index in [1.54, 1.807) is 38.5 Å². The molecular weight excluding hydrogens is 350 g/mol. The molecule has 0 unspecified atom stereocenters. The van der Waals surface area contributed by atoms with Crippen LogP contribution >= 0.6 is 11.8 Å². The van der Waals surface area contributed by atoms with E-state index in [9.17, 15) is 9.59 Å². The van der Waals surface area contributed by atoms with E-state index in [0.717, 1.165) is 28.5 Å². The highest BCUT2D eigenvalue weighted by Crippen LogP contribution is 2.34. The van der Waals surface area contributed by atoms with Crippen LogP contribution in [0.25, 0.3) is 6.08 Å². The molecule has 1 aliphatic rings. The van der Waals surface area contributed by atoms with Crippen LogP contribution in [0.2, 0.25) is 0 Å². The first kappa shape index (κ1) is 18.1. The summed E-state index contributed by atoms with van der Waals surface area (Å²) < 4.78 is 10.5. The number of carbonyl (C=O) groups is 2. The van der Waals surface area contributed by atoms with Crippen molar-refractivity contribution in [3.05, 3.63) is 64.1 Å². The van der Waals surface area contributed by atoms with Crippen molar-refractivity contribution in [3.8, 4) is 11.5 Å². The van der Waals surface area contributed by atoms with Crippen LogP contribution in [0.3, 0.4) is 0 Å². The summed E-state index contributed by atoms with van der Waals surface area (Å²) in [5.41, 5.74) is 2.79. The Hall–Kier alpha value is -2.73. The molecule has 26 heavy (non-hydrogen) atoms. The Morgan fingerprint density at radius 2 is 1.62 bits per heavy atom. The highest BCUT2D eigenvalue weighted by molar-refractivity contribution is 8.18. The number of thioether (sulfide) groups is 1. The number of hydrogen-bond donors (Lipinski definition) is 0. The molecular formula is C20H19NO4S. The maximum atomic E-state index is 12.7. The lowest BCUT2D eigenvalue weighted by Crippen LogP contribution is -2.27. The van der Waals surface area contributed by atoms with Gasteiger partial charge in [0.05, 0.1) is 25.7 Å². The summed E-state index contributed by atoms with van der Waals surface area (Å²) in [4.78, 5) is 26.6. The van der Waals surface area contributed by atoms with Gasteiger partial charge in [0.1, 0.15) is 11.5 Å². The molecule has 0 aliphatic carbocycles. The van der Waals surface area contributed by atoms with Crippen LogP contribution < -0.4 is 9.47 Å². The second kappa shape index (κ2) is 7.66. The van der Waals surface area contributed by atoms with Crippen molar-refractivity contribution < 1.29 is 19.1 Å². The monoisotopic (exact) mass is 369 g/mol. The second-order valence-corrected chi connectivity index (χ2v) is 6.89. The second-order valence-electron chi connectivity index (χ2n) is 5.90. The third-order valence-corrected chi connectivity index (χ3v) is 4.91. The van der Waals surface area contributed by atoms with Gasteiger partial charge in [-0.2, -0.15) is 0 Å². The van der Waals surface area contributed by atoms with E-state index in [2.05, 4.69) is 0 Å². The highest BCUT2D eigenvalue weighted by Gasteiger charge is 2.35. The number of benzene rings is 2. The first-order valence-corrected chi connectivity index (χ1v) is 8.86. The molecule has 0 N–H and O–H groups in total. The number of rotatable bonds is 5. The molecule has 134 valence electrons. The van der Waals surface area contributed by atoms with E-state index in [1.165, 1.54) is 4.90 Å². The van der Waals surface area contributed by atoms with Crippen molar-refractivity contribution in [3.63, 3.8) is 0 Å². The van der Waals surface area contributed by atoms with Crippen LogP contribution in [0, 0.1) is 6.92 Å². The predicted molar refractivity (Wildman–Crippen MR) is 102 cm³/mol. The van der Waals surface area contributed by atoms with E-state index in [4.69, 9.17) is 9.47 Å². The normalized spacial score (nSPS) is 15.7. The van der Waals surface area contributed by atoms with Crippen LogP contribution in [0.5, 0.6) is 11.5 Å². The summed E-state index contributed by atoms with van der Waals surface area (Å²) >= 11 is 0.943. The van der Waals surface area contributed by atoms with Crippen molar-refractivity contribution in [1.29, 1.82) is 0 Å². The van der Waals surface area contributed by atoms with Gasteiger partial charge in [-0.15, -0.1) is 0 Å². The lowest BCUT2D eigenvalue weighted by Gasteiger charge is -2.12. The van der Waals surface area contributed by atoms with Crippen molar-refractivity contribution in [2.75, 3.05) is 14.2 Å². The number of carbonyl (C=O) groups excluding carboxylic acids is 2. The molecule has 1 aliphatic heterocycles. The molecule has 0 saturated carbocycles. The summed E-state index contributed by atoms with van der Waals surface area (Å²) in [6.45, 7) is 2.26. The van der Waals surface area contributed by atoms with Crippen LogP contribution in [-0.2, 0) is 11.3 Å². The van der Waals surface area contributed by atoms with Gasteiger partial charge in [-0.1, -0.05) is 29.8 Å². The van der Waals surface area contributed by atoms with Gasteiger partial charge >= 0.3 is 0 Å². The Morgan fingerprint density at radius 1 is 1.00 bits per heavy atom. The number of amides is 2. The molecule has 2 aromatic carbocycles. The summed E-state index contributed by atoms with van der Waals surface area (Å²) in [5, 5.41) is -0.267. The molecule has 0 atom stereocenters. The SMILES string of the molecule is COc1cc(/C=C2\SC(=O)N(Cc3ccc(C)cc3)C2=O)cc(OC)c1. The molecule has 1 heterocycles. The summed E-state index contributed by atoms with van der Waals surface area (Å²) in [6.07, 6.45) is 1.69. The van der Waals surface area contributed by atoms with Gasteiger partial charge in [0, 0.05) is 6.07 Å². The predicted octanol–water partition coefficient (Wildman–Crippen LogP) is 4.25. The summed E-state index contributed by atoms with van der Waals surface area (Å²) in [6, 6.07) is 13.1. The Morgan fingerprint density at radius 3 is 2.19 bits per heavy atom. The maximum absolute atomic E-state index is 12.7. The summed E-state index contributed by atoms with van der Waals surface area (Å²) in [5.74, 6) is 0.950. The van der Waals surface area contributed by atoms with Gasteiger partial charge in [0.15, 0.2) is 0 Å². The molecule has 6 heteroatoms. The minimum absolute atomic E-state index is 0.267. The Balaban J connectivity index is 1.84. The highest BCUT2D eigenvalue weighted by atomic mass is 32.2. The number of ether oxygens (including phenoxy) is 2. The molecule has 0 spiro atoms. The number of nitrogens with zero attached hydrogens (tertiary/aromatic N) is 1.